The number of hydroxylamine groups is 2. The number of nitrogens with zero attached hydrogens (tertiary/aromatic N) is 1. The van der Waals surface area contributed by atoms with Crippen molar-refractivity contribution in [3.63, 3.8) is 0 Å². The van der Waals surface area contributed by atoms with Crippen molar-refractivity contribution in [3.8, 4) is 0 Å². The highest BCUT2D eigenvalue weighted by atomic mass is 16.5. The highest BCUT2D eigenvalue weighted by Gasteiger charge is 2.20. The summed E-state index contributed by atoms with van der Waals surface area (Å²) in [7, 11) is 0. The molecular weight excluding hydrogens is 210 g/mol. The van der Waals surface area contributed by atoms with Gasteiger partial charge < -0.3 is 0 Å². The van der Waals surface area contributed by atoms with Gasteiger partial charge in [-0.25, -0.2) is 5.06 Å². The van der Waals surface area contributed by atoms with Gasteiger partial charge in [0.25, 0.3) is 0 Å². The lowest BCUT2D eigenvalue weighted by atomic mass is 9.99. The molecule has 0 amide bonds. The van der Waals surface area contributed by atoms with Crippen LogP contribution in [0.4, 0.5) is 0 Å². The Balaban J connectivity index is 2.56. The topological polar surface area (TPSA) is 23.5 Å². The van der Waals surface area contributed by atoms with Gasteiger partial charge in [0.15, 0.2) is 0 Å². The Morgan fingerprint density at radius 2 is 1.88 bits per heavy atom. The molecular formula is C15H15NO. The van der Waals surface area contributed by atoms with Crippen LogP contribution in [0.2, 0.25) is 0 Å². The second-order valence-corrected chi connectivity index (χ2v) is 3.96. The molecule has 0 bridgehead atoms. The minimum absolute atomic E-state index is 0.546. The molecule has 1 aliphatic rings. The first-order valence-electron chi connectivity index (χ1n) is 5.44. The van der Waals surface area contributed by atoms with Crippen LogP contribution in [0.15, 0.2) is 72.5 Å². The van der Waals surface area contributed by atoms with Crippen LogP contribution in [-0.2, 0) is 0 Å². The lowest BCUT2D eigenvalue weighted by Crippen LogP contribution is -2.21. The third-order valence-corrected chi connectivity index (χ3v) is 2.81. The summed E-state index contributed by atoms with van der Waals surface area (Å²) in [6.45, 7) is 9.53. The predicted octanol–water partition coefficient (Wildman–Crippen LogP) is 3.75. The molecule has 0 aliphatic carbocycles. The Bertz CT molecular complexity index is 523. The third kappa shape index (κ3) is 1.95. The largest absolute Gasteiger partial charge is 0.283 e. The summed E-state index contributed by atoms with van der Waals surface area (Å²) in [5.74, 6) is 0. The Morgan fingerprint density at radius 3 is 2.47 bits per heavy atom. The van der Waals surface area contributed by atoms with Gasteiger partial charge in [-0.3, -0.25) is 5.21 Å². The zero-order valence-corrected chi connectivity index (χ0v) is 9.85. The highest BCUT2D eigenvalue weighted by molar-refractivity contribution is 5.73. The van der Waals surface area contributed by atoms with Crippen molar-refractivity contribution in [2.24, 2.45) is 0 Å². The summed E-state index contributed by atoms with van der Waals surface area (Å²) < 4.78 is 0. The van der Waals surface area contributed by atoms with Crippen LogP contribution in [-0.4, -0.2) is 10.3 Å². The summed E-state index contributed by atoms with van der Waals surface area (Å²) in [5, 5.41) is 11.3. The van der Waals surface area contributed by atoms with Gasteiger partial charge in [0.1, 0.15) is 0 Å². The fraction of sp³-hybridized carbons (Fsp3) is 0.0667. The van der Waals surface area contributed by atoms with E-state index < -0.39 is 0 Å². The fourth-order valence-electron chi connectivity index (χ4n) is 1.93. The number of rotatable bonds is 2. The van der Waals surface area contributed by atoms with E-state index in [0.29, 0.717) is 5.70 Å². The molecule has 2 nitrogen and oxygen atoms in total. The van der Waals surface area contributed by atoms with Crippen LogP contribution in [0, 0.1) is 0 Å². The van der Waals surface area contributed by atoms with Crippen molar-refractivity contribution in [2.45, 2.75) is 6.92 Å². The maximum atomic E-state index is 10.2. The van der Waals surface area contributed by atoms with E-state index in [0.717, 1.165) is 27.5 Å². The zero-order chi connectivity index (χ0) is 12.4. The van der Waals surface area contributed by atoms with Crippen LogP contribution >= 0.6 is 0 Å². The van der Waals surface area contributed by atoms with Crippen LogP contribution in [0.25, 0.3) is 5.70 Å². The first kappa shape index (κ1) is 11.4. The van der Waals surface area contributed by atoms with Crippen molar-refractivity contribution >= 4 is 5.70 Å². The van der Waals surface area contributed by atoms with Crippen molar-refractivity contribution in [3.05, 3.63) is 78.0 Å². The van der Waals surface area contributed by atoms with Crippen LogP contribution in [0.3, 0.4) is 0 Å². The fourth-order valence-corrected chi connectivity index (χ4v) is 1.93. The molecule has 1 aromatic carbocycles. The van der Waals surface area contributed by atoms with E-state index in [2.05, 4.69) is 13.2 Å². The lowest BCUT2D eigenvalue weighted by molar-refractivity contribution is 0.0119. The standard InChI is InChI=1S/C15H15NO/c1-4-13-10-11(2)15(16(17)12(13)3)14-8-6-5-7-9-14/h4-10,17H,1,3H2,2H3. The average molecular weight is 225 g/mol. The van der Waals surface area contributed by atoms with Crippen LogP contribution in [0.1, 0.15) is 12.5 Å². The van der Waals surface area contributed by atoms with Gasteiger partial charge in [-0.15, -0.1) is 0 Å². The number of hydrogen-bond donors (Lipinski definition) is 1. The van der Waals surface area contributed by atoms with Crippen LogP contribution < -0.4 is 0 Å². The van der Waals surface area contributed by atoms with E-state index in [1.54, 1.807) is 6.08 Å². The predicted molar refractivity (Wildman–Crippen MR) is 70.1 cm³/mol. The maximum Gasteiger partial charge on any atom is 0.0794 e. The van der Waals surface area contributed by atoms with E-state index in [4.69, 9.17) is 0 Å². The first-order chi connectivity index (χ1) is 8.15. The Labute approximate surface area is 101 Å². The molecule has 17 heavy (non-hydrogen) atoms. The molecule has 0 atom stereocenters. The highest BCUT2D eigenvalue weighted by Crippen LogP contribution is 2.33. The molecule has 1 aliphatic heterocycles. The van der Waals surface area contributed by atoms with Crippen LogP contribution in [0.5, 0.6) is 0 Å². The number of benzene rings is 1. The minimum atomic E-state index is 0.546. The van der Waals surface area contributed by atoms with Crippen molar-refractivity contribution in [2.75, 3.05) is 0 Å². The molecule has 0 saturated heterocycles. The zero-order valence-electron chi connectivity index (χ0n) is 9.85. The third-order valence-electron chi connectivity index (χ3n) is 2.81. The second-order valence-electron chi connectivity index (χ2n) is 3.96. The average Bonchev–Trinajstić information content (AvgIpc) is 2.35. The normalized spacial score (nSPS) is 16.0. The smallest absolute Gasteiger partial charge is 0.0794 e. The molecule has 2 heteroatoms. The SMILES string of the molecule is C=CC1=CC(C)=C(c2ccccc2)N(O)C1=C. The summed E-state index contributed by atoms with van der Waals surface area (Å²) in [6.07, 6.45) is 3.67. The van der Waals surface area contributed by atoms with Gasteiger partial charge in [-0.2, -0.15) is 0 Å². The molecule has 0 radical (unpaired) electrons. The monoisotopic (exact) mass is 225 g/mol. The molecule has 86 valence electrons. The summed E-state index contributed by atoms with van der Waals surface area (Å²) in [4.78, 5) is 0. The molecule has 1 aromatic rings. The lowest BCUT2D eigenvalue weighted by Gasteiger charge is -2.28. The van der Waals surface area contributed by atoms with Crippen molar-refractivity contribution in [1.29, 1.82) is 0 Å². The minimum Gasteiger partial charge on any atom is -0.283 e. The molecule has 0 aromatic heterocycles. The Kier molecular flexibility index (Phi) is 2.98. The van der Waals surface area contributed by atoms with Crippen molar-refractivity contribution < 1.29 is 5.21 Å². The molecule has 0 spiro atoms. The van der Waals surface area contributed by atoms with Crippen molar-refractivity contribution in [1.82, 2.24) is 5.06 Å². The quantitative estimate of drug-likeness (QED) is 0.828. The van der Waals surface area contributed by atoms with Gasteiger partial charge in [0, 0.05) is 5.56 Å². The first-order valence-corrected chi connectivity index (χ1v) is 5.44. The summed E-state index contributed by atoms with van der Waals surface area (Å²) in [5.41, 5.74) is 4.10. The molecule has 0 fully saturated rings. The van der Waals surface area contributed by atoms with Gasteiger partial charge in [-0.05, 0) is 24.1 Å². The molecule has 0 unspecified atom stereocenters. The second kappa shape index (κ2) is 4.44. The molecule has 1 heterocycles. The Hall–Kier alpha value is -2.06. The maximum absolute atomic E-state index is 10.2. The molecule has 2 rings (SSSR count). The molecule has 1 N–H and O–H groups in total. The van der Waals surface area contributed by atoms with E-state index in [1.165, 1.54) is 0 Å². The number of hydrogen-bond acceptors (Lipinski definition) is 2. The Morgan fingerprint density at radius 1 is 1.24 bits per heavy atom. The van der Waals surface area contributed by atoms with E-state index in [1.807, 2.05) is 43.3 Å². The van der Waals surface area contributed by atoms with Gasteiger partial charge in [-0.1, -0.05) is 49.6 Å². The van der Waals surface area contributed by atoms with E-state index in [9.17, 15) is 5.21 Å². The van der Waals surface area contributed by atoms with Gasteiger partial charge in [0.05, 0.1) is 11.4 Å². The summed E-state index contributed by atoms with van der Waals surface area (Å²) in [6, 6.07) is 9.76. The van der Waals surface area contributed by atoms with E-state index >= 15 is 0 Å². The van der Waals surface area contributed by atoms with Gasteiger partial charge in [0.2, 0.25) is 0 Å². The summed E-state index contributed by atoms with van der Waals surface area (Å²) >= 11 is 0. The van der Waals surface area contributed by atoms with Gasteiger partial charge >= 0.3 is 0 Å². The molecule has 0 saturated carbocycles. The number of allylic oxidation sites excluding steroid dienone is 3. The van der Waals surface area contributed by atoms with E-state index in [-0.39, 0.29) is 0 Å².